The van der Waals surface area contributed by atoms with Crippen molar-refractivity contribution in [3.05, 3.63) is 35.6 Å². The highest BCUT2D eigenvalue weighted by Gasteiger charge is 2.27. The fraction of sp³-hybridized carbons (Fsp3) is 0.625. The van der Waals surface area contributed by atoms with Crippen LogP contribution in [0.4, 0.5) is 4.39 Å². The molecule has 1 aliphatic rings. The lowest BCUT2D eigenvalue weighted by Gasteiger charge is -2.26. The fourth-order valence-corrected chi connectivity index (χ4v) is 2.97. The maximum atomic E-state index is 13.8. The van der Waals surface area contributed by atoms with E-state index in [0.717, 1.165) is 19.6 Å². The maximum absolute atomic E-state index is 13.8. The number of rotatable bonds is 5. The molecule has 20 heavy (non-hydrogen) atoms. The van der Waals surface area contributed by atoms with E-state index in [1.165, 1.54) is 12.5 Å². The molecule has 4 heteroatoms. The second-order valence-electron chi connectivity index (χ2n) is 6.19. The predicted octanol–water partition coefficient (Wildman–Crippen LogP) is 2.10. The molecular formula is C16H26FN3. The molecule has 2 rings (SSSR count). The van der Waals surface area contributed by atoms with Crippen LogP contribution in [0.5, 0.6) is 0 Å². The summed E-state index contributed by atoms with van der Waals surface area (Å²) >= 11 is 0. The van der Waals surface area contributed by atoms with Gasteiger partial charge >= 0.3 is 0 Å². The summed E-state index contributed by atoms with van der Waals surface area (Å²) in [6.45, 7) is 5.23. The number of nitrogens with zero attached hydrogens (tertiary/aromatic N) is 2. The molecule has 2 N–H and O–H groups in total. The summed E-state index contributed by atoms with van der Waals surface area (Å²) < 4.78 is 13.8. The van der Waals surface area contributed by atoms with Crippen LogP contribution in [0.15, 0.2) is 24.3 Å². The highest BCUT2D eigenvalue weighted by atomic mass is 19.1. The smallest absolute Gasteiger partial charge is 0.127 e. The predicted molar refractivity (Wildman–Crippen MR) is 81.0 cm³/mol. The molecule has 0 saturated carbocycles. The van der Waals surface area contributed by atoms with Crippen molar-refractivity contribution < 1.29 is 4.39 Å². The minimum absolute atomic E-state index is 0.195. The Bertz CT molecular complexity index is 435. The van der Waals surface area contributed by atoms with Gasteiger partial charge in [0.25, 0.3) is 0 Å². The lowest BCUT2D eigenvalue weighted by molar-refractivity contribution is 0.234. The van der Waals surface area contributed by atoms with Gasteiger partial charge < -0.3 is 15.5 Å². The first-order chi connectivity index (χ1) is 9.49. The van der Waals surface area contributed by atoms with E-state index in [1.54, 1.807) is 12.1 Å². The van der Waals surface area contributed by atoms with Gasteiger partial charge in [-0.15, -0.1) is 0 Å². The number of hydrogen-bond donors (Lipinski definition) is 1. The minimum atomic E-state index is -0.241. The number of nitrogens with two attached hydrogens (primary N) is 1. The van der Waals surface area contributed by atoms with Gasteiger partial charge in [0.05, 0.1) is 0 Å². The van der Waals surface area contributed by atoms with Gasteiger partial charge in [0, 0.05) is 30.7 Å². The van der Waals surface area contributed by atoms with Crippen molar-refractivity contribution in [2.45, 2.75) is 25.4 Å². The van der Waals surface area contributed by atoms with Crippen LogP contribution in [0.25, 0.3) is 0 Å². The first-order valence-corrected chi connectivity index (χ1v) is 7.38. The molecule has 0 spiro atoms. The molecule has 1 saturated heterocycles. The number of benzene rings is 1. The Morgan fingerprint density at radius 2 is 2.10 bits per heavy atom. The van der Waals surface area contributed by atoms with Crippen molar-refractivity contribution in [3.63, 3.8) is 0 Å². The third kappa shape index (κ3) is 3.57. The Kier molecular flexibility index (Phi) is 5.13. The molecule has 0 bridgehead atoms. The van der Waals surface area contributed by atoms with Gasteiger partial charge in [-0.2, -0.15) is 0 Å². The van der Waals surface area contributed by atoms with Gasteiger partial charge in [-0.05, 0) is 39.0 Å². The van der Waals surface area contributed by atoms with E-state index in [1.807, 2.05) is 6.07 Å². The lowest BCUT2D eigenvalue weighted by Crippen LogP contribution is -2.35. The van der Waals surface area contributed by atoms with Crippen LogP contribution in [0.1, 0.15) is 24.9 Å². The Morgan fingerprint density at radius 3 is 2.70 bits per heavy atom. The molecule has 1 aliphatic heterocycles. The van der Waals surface area contributed by atoms with Crippen LogP contribution in [0.2, 0.25) is 0 Å². The largest absolute Gasteiger partial charge is 0.324 e. The zero-order valence-electron chi connectivity index (χ0n) is 12.7. The van der Waals surface area contributed by atoms with Crippen LogP contribution in [-0.2, 0) is 0 Å². The number of halogens is 1. The minimum Gasteiger partial charge on any atom is -0.324 e. The van der Waals surface area contributed by atoms with E-state index in [0.29, 0.717) is 11.6 Å². The van der Waals surface area contributed by atoms with Crippen molar-refractivity contribution in [1.29, 1.82) is 0 Å². The zero-order chi connectivity index (χ0) is 14.7. The number of likely N-dealkylation sites (tertiary alicyclic amines) is 1. The molecule has 0 radical (unpaired) electrons. The van der Waals surface area contributed by atoms with Gasteiger partial charge in [0.1, 0.15) is 5.82 Å². The molecule has 0 aromatic heterocycles. The lowest BCUT2D eigenvalue weighted by atomic mass is 9.94. The Labute approximate surface area is 121 Å². The van der Waals surface area contributed by atoms with Gasteiger partial charge in [0.2, 0.25) is 0 Å². The van der Waals surface area contributed by atoms with Crippen LogP contribution in [-0.4, -0.2) is 49.6 Å². The highest BCUT2D eigenvalue weighted by molar-refractivity contribution is 5.21. The van der Waals surface area contributed by atoms with E-state index in [9.17, 15) is 4.39 Å². The van der Waals surface area contributed by atoms with Gasteiger partial charge in [-0.3, -0.25) is 0 Å². The van der Waals surface area contributed by atoms with Crippen molar-refractivity contribution >= 4 is 0 Å². The van der Waals surface area contributed by atoms with Crippen molar-refractivity contribution in [1.82, 2.24) is 9.80 Å². The van der Waals surface area contributed by atoms with E-state index >= 15 is 0 Å². The molecule has 3 unspecified atom stereocenters. The summed E-state index contributed by atoms with van der Waals surface area (Å²) in [7, 11) is 4.26. The Morgan fingerprint density at radius 1 is 1.40 bits per heavy atom. The van der Waals surface area contributed by atoms with E-state index < -0.39 is 0 Å². The quantitative estimate of drug-likeness (QED) is 0.896. The normalized spacial score (nSPS) is 23.2. The summed E-state index contributed by atoms with van der Waals surface area (Å²) in [6, 6.07) is 7.23. The van der Waals surface area contributed by atoms with Crippen LogP contribution >= 0.6 is 0 Å². The number of likely N-dealkylation sites (N-methyl/N-ethyl adjacent to an activating group) is 1. The Hall–Kier alpha value is -0.970. The first-order valence-electron chi connectivity index (χ1n) is 7.38. The number of hydrogen-bond acceptors (Lipinski definition) is 3. The van der Waals surface area contributed by atoms with Crippen molar-refractivity contribution in [2.24, 2.45) is 11.7 Å². The average molecular weight is 279 g/mol. The summed E-state index contributed by atoms with van der Waals surface area (Å²) in [5, 5.41) is 0. The zero-order valence-corrected chi connectivity index (χ0v) is 12.7. The molecule has 0 aliphatic carbocycles. The molecule has 1 fully saturated rings. The molecular weight excluding hydrogens is 253 g/mol. The van der Waals surface area contributed by atoms with E-state index in [4.69, 9.17) is 5.73 Å². The Balaban J connectivity index is 1.92. The molecule has 3 nitrogen and oxygen atoms in total. The molecule has 0 amide bonds. The monoisotopic (exact) mass is 279 g/mol. The summed E-state index contributed by atoms with van der Waals surface area (Å²) in [5.41, 5.74) is 6.86. The molecule has 3 atom stereocenters. The van der Waals surface area contributed by atoms with E-state index in [-0.39, 0.29) is 17.8 Å². The first kappa shape index (κ1) is 15.4. The van der Waals surface area contributed by atoms with Crippen LogP contribution < -0.4 is 5.73 Å². The SMILES string of the molecule is CC(CN1CCC(N(C)C)C1)C(N)c1ccccc1F. The summed E-state index contributed by atoms with van der Waals surface area (Å²) in [5.74, 6) is 0.0484. The standard InChI is InChI=1S/C16H26FN3/c1-12(10-20-9-8-13(11-20)19(2)3)16(18)14-6-4-5-7-15(14)17/h4-7,12-13,16H,8-11,18H2,1-3H3. The van der Waals surface area contributed by atoms with Gasteiger partial charge in [0.15, 0.2) is 0 Å². The van der Waals surface area contributed by atoms with Crippen LogP contribution in [0, 0.1) is 11.7 Å². The molecule has 1 heterocycles. The average Bonchev–Trinajstić information content (AvgIpc) is 2.87. The molecule has 112 valence electrons. The fourth-order valence-electron chi connectivity index (χ4n) is 2.97. The highest BCUT2D eigenvalue weighted by Crippen LogP contribution is 2.24. The van der Waals surface area contributed by atoms with E-state index in [2.05, 4.69) is 30.8 Å². The van der Waals surface area contributed by atoms with Gasteiger partial charge in [-0.25, -0.2) is 4.39 Å². The summed E-state index contributed by atoms with van der Waals surface area (Å²) in [6.07, 6.45) is 1.20. The third-order valence-corrected chi connectivity index (χ3v) is 4.40. The van der Waals surface area contributed by atoms with Crippen molar-refractivity contribution in [2.75, 3.05) is 33.7 Å². The summed E-state index contributed by atoms with van der Waals surface area (Å²) in [4.78, 5) is 4.72. The molecule has 1 aromatic rings. The maximum Gasteiger partial charge on any atom is 0.127 e. The van der Waals surface area contributed by atoms with Crippen molar-refractivity contribution in [3.8, 4) is 0 Å². The van der Waals surface area contributed by atoms with Gasteiger partial charge in [-0.1, -0.05) is 25.1 Å². The molecule has 1 aromatic carbocycles. The second kappa shape index (κ2) is 6.66. The topological polar surface area (TPSA) is 32.5 Å². The second-order valence-corrected chi connectivity index (χ2v) is 6.19. The third-order valence-electron chi connectivity index (χ3n) is 4.40. The van der Waals surface area contributed by atoms with Crippen LogP contribution in [0.3, 0.4) is 0 Å².